The van der Waals surface area contributed by atoms with Crippen molar-refractivity contribution in [1.82, 2.24) is 0 Å². The lowest BCUT2D eigenvalue weighted by Gasteiger charge is -2.17. The number of carbonyl (C=O) groups excluding carboxylic acids is 1. The first-order valence-electron chi connectivity index (χ1n) is 6.24. The van der Waals surface area contributed by atoms with E-state index in [2.05, 4.69) is 0 Å². The molecule has 0 spiro atoms. The summed E-state index contributed by atoms with van der Waals surface area (Å²) in [4.78, 5) is 13.9. The maximum atomic E-state index is 12.2. The second kappa shape index (κ2) is 5.57. The number of nitrogens with zero attached hydrogens (tertiary/aromatic N) is 1. The first-order chi connectivity index (χ1) is 9.06. The predicted octanol–water partition coefficient (Wildman–Crippen LogP) is 2.78. The van der Waals surface area contributed by atoms with Gasteiger partial charge in [0.1, 0.15) is 0 Å². The van der Waals surface area contributed by atoms with Gasteiger partial charge in [0, 0.05) is 18.4 Å². The molecule has 0 atom stereocenters. The van der Waals surface area contributed by atoms with Crippen LogP contribution >= 0.6 is 0 Å². The van der Waals surface area contributed by atoms with Gasteiger partial charge in [-0.05, 0) is 36.8 Å². The van der Waals surface area contributed by atoms with Crippen LogP contribution in [-0.2, 0) is 11.2 Å². The minimum atomic E-state index is 0.0635. The van der Waals surface area contributed by atoms with Crippen molar-refractivity contribution in [3.8, 4) is 0 Å². The zero-order chi connectivity index (χ0) is 13.8. The van der Waals surface area contributed by atoms with Gasteiger partial charge < -0.3 is 10.6 Å². The molecule has 0 aliphatic rings. The lowest BCUT2D eigenvalue weighted by atomic mass is 10.1. The van der Waals surface area contributed by atoms with Gasteiger partial charge in [-0.3, -0.25) is 4.79 Å². The number of hydrogen-bond acceptors (Lipinski definition) is 2. The molecule has 0 aromatic heterocycles. The summed E-state index contributed by atoms with van der Waals surface area (Å²) in [7, 11) is 1.80. The minimum absolute atomic E-state index is 0.0635. The van der Waals surface area contributed by atoms with Crippen molar-refractivity contribution in [3.05, 3.63) is 59.7 Å². The summed E-state index contributed by atoms with van der Waals surface area (Å²) in [6.07, 6.45) is 0.380. The monoisotopic (exact) mass is 254 g/mol. The van der Waals surface area contributed by atoms with Crippen LogP contribution in [0.1, 0.15) is 11.1 Å². The van der Waals surface area contributed by atoms with Crippen LogP contribution in [0.25, 0.3) is 0 Å². The van der Waals surface area contributed by atoms with Crippen molar-refractivity contribution in [2.75, 3.05) is 17.7 Å². The Bertz CT molecular complexity index is 558. The number of amides is 1. The summed E-state index contributed by atoms with van der Waals surface area (Å²) in [5.74, 6) is 0.0635. The number of nitrogen functional groups attached to an aromatic ring is 1. The molecular weight excluding hydrogens is 236 g/mol. The molecule has 2 N–H and O–H groups in total. The van der Waals surface area contributed by atoms with Gasteiger partial charge >= 0.3 is 0 Å². The summed E-state index contributed by atoms with van der Waals surface area (Å²) in [5, 5.41) is 0. The molecule has 1 amide bonds. The molecule has 0 radical (unpaired) electrons. The summed E-state index contributed by atoms with van der Waals surface area (Å²) in [6, 6.07) is 15.3. The van der Waals surface area contributed by atoms with Crippen molar-refractivity contribution in [2.24, 2.45) is 0 Å². The Balaban J connectivity index is 2.07. The SMILES string of the molecule is Cc1ccc(N(C)C(=O)Cc2ccc(N)cc2)cc1. The van der Waals surface area contributed by atoms with Gasteiger partial charge in [-0.15, -0.1) is 0 Å². The van der Waals surface area contributed by atoms with Crippen molar-refractivity contribution < 1.29 is 4.79 Å². The first kappa shape index (κ1) is 13.1. The van der Waals surface area contributed by atoms with Crippen LogP contribution in [0.4, 0.5) is 11.4 Å². The van der Waals surface area contributed by atoms with E-state index in [-0.39, 0.29) is 5.91 Å². The highest BCUT2D eigenvalue weighted by atomic mass is 16.2. The lowest BCUT2D eigenvalue weighted by Crippen LogP contribution is -2.27. The number of nitrogens with two attached hydrogens (primary N) is 1. The summed E-state index contributed by atoms with van der Waals surface area (Å²) in [6.45, 7) is 2.03. The lowest BCUT2D eigenvalue weighted by molar-refractivity contribution is -0.117. The molecule has 0 aliphatic carbocycles. The van der Waals surface area contributed by atoms with Crippen LogP contribution in [0.15, 0.2) is 48.5 Å². The number of anilines is 2. The quantitative estimate of drug-likeness (QED) is 0.856. The van der Waals surface area contributed by atoms with Crippen LogP contribution in [-0.4, -0.2) is 13.0 Å². The van der Waals surface area contributed by atoms with E-state index in [9.17, 15) is 4.79 Å². The molecule has 2 rings (SSSR count). The highest BCUT2D eigenvalue weighted by Gasteiger charge is 2.11. The normalized spacial score (nSPS) is 10.2. The van der Waals surface area contributed by atoms with E-state index in [1.54, 1.807) is 11.9 Å². The topological polar surface area (TPSA) is 46.3 Å². The van der Waals surface area contributed by atoms with Crippen LogP contribution in [0.5, 0.6) is 0 Å². The van der Waals surface area contributed by atoms with Crippen LogP contribution in [0, 0.1) is 6.92 Å². The summed E-state index contributed by atoms with van der Waals surface area (Å²) in [5.41, 5.74) is 9.40. The van der Waals surface area contributed by atoms with E-state index in [1.165, 1.54) is 5.56 Å². The third-order valence-corrected chi connectivity index (χ3v) is 3.13. The third kappa shape index (κ3) is 3.35. The average Bonchev–Trinajstić information content (AvgIpc) is 2.41. The molecule has 2 aromatic carbocycles. The highest BCUT2D eigenvalue weighted by molar-refractivity contribution is 5.94. The molecule has 3 heteroatoms. The van der Waals surface area contributed by atoms with E-state index >= 15 is 0 Å². The Morgan fingerprint density at radius 3 is 2.21 bits per heavy atom. The second-order valence-electron chi connectivity index (χ2n) is 4.71. The van der Waals surface area contributed by atoms with E-state index in [0.29, 0.717) is 12.1 Å². The first-order valence-corrected chi connectivity index (χ1v) is 6.24. The fraction of sp³-hybridized carbons (Fsp3) is 0.188. The Morgan fingerprint density at radius 1 is 1.05 bits per heavy atom. The van der Waals surface area contributed by atoms with Gasteiger partial charge in [-0.1, -0.05) is 29.8 Å². The molecule has 0 saturated carbocycles. The molecule has 3 nitrogen and oxygen atoms in total. The minimum Gasteiger partial charge on any atom is -0.399 e. The van der Waals surface area contributed by atoms with Gasteiger partial charge in [0.15, 0.2) is 0 Å². The largest absolute Gasteiger partial charge is 0.399 e. The molecule has 2 aromatic rings. The Morgan fingerprint density at radius 2 is 1.63 bits per heavy atom. The van der Waals surface area contributed by atoms with Gasteiger partial charge in [-0.2, -0.15) is 0 Å². The summed E-state index contributed by atoms with van der Waals surface area (Å²) >= 11 is 0. The van der Waals surface area contributed by atoms with Gasteiger partial charge in [0.2, 0.25) is 5.91 Å². The van der Waals surface area contributed by atoms with Crippen molar-refractivity contribution >= 4 is 17.3 Å². The molecular formula is C16H18N2O. The number of carbonyl (C=O) groups is 1. The third-order valence-electron chi connectivity index (χ3n) is 3.13. The van der Waals surface area contributed by atoms with Gasteiger partial charge in [-0.25, -0.2) is 0 Å². The Labute approximate surface area is 113 Å². The second-order valence-corrected chi connectivity index (χ2v) is 4.71. The fourth-order valence-electron chi connectivity index (χ4n) is 1.84. The Hall–Kier alpha value is -2.29. The molecule has 0 unspecified atom stereocenters. The van der Waals surface area contributed by atoms with Crippen LogP contribution in [0.2, 0.25) is 0 Å². The van der Waals surface area contributed by atoms with Gasteiger partial charge in [0.05, 0.1) is 6.42 Å². The predicted molar refractivity (Wildman–Crippen MR) is 79.1 cm³/mol. The average molecular weight is 254 g/mol. The van der Waals surface area contributed by atoms with Crippen molar-refractivity contribution in [3.63, 3.8) is 0 Å². The molecule has 19 heavy (non-hydrogen) atoms. The Kier molecular flexibility index (Phi) is 3.85. The van der Waals surface area contributed by atoms with Crippen molar-refractivity contribution in [2.45, 2.75) is 13.3 Å². The van der Waals surface area contributed by atoms with Crippen LogP contribution < -0.4 is 10.6 Å². The summed E-state index contributed by atoms with van der Waals surface area (Å²) < 4.78 is 0. The number of aryl methyl sites for hydroxylation is 1. The van der Waals surface area contributed by atoms with E-state index in [0.717, 1.165) is 11.3 Å². The zero-order valence-corrected chi connectivity index (χ0v) is 11.3. The number of likely N-dealkylation sites (N-methyl/N-ethyl adjacent to an activating group) is 1. The molecule has 98 valence electrons. The standard InChI is InChI=1S/C16H18N2O/c1-12-3-9-15(10-4-12)18(2)16(19)11-13-5-7-14(17)8-6-13/h3-10H,11,17H2,1-2H3. The molecule has 0 bridgehead atoms. The van der Waals surface area contributed by atoms with Crippen LogP contribution in [0.3, 0.4) is 0 Å². The number of benzene rings is 2. The smallest absolute Gasteiger partial charge is 0.231 e. The molecule has 0 heterocycles. The zero-order valence-electron chi connectivity index (χ0n) is 11.3. The maximum Gasteiger partial charge on any atom is 0.231 e. The molecule has 0 aliphatic heterocycles. The van der Waals surface area contributed by atoms with E-state index < -0.39 is 0 Å². The highest BCUT2D eigenvalue weighted by Crippen LogP contribution is 2.15. The van der Waals surface area contributed by atoms with Crippen molar-refractivity contribution in [1.29, 1.82) is 0 Å². The van der Waals surface area contributed by atoms with E-state index in [4.69, 9.17) is 5.73 Å². The van der Waals surface area contributed by atoms with Gasteiger partial charge in [0.25, 0.3) is 0 Å². The molecule has 0 saturated heterocycles. The molecule has 0 fully saturated rings. The fourth-order valence-corrected chi connectivity index (χ4v) is 1.84. The van der Waals surface area contributed by atoms with E-state index in [1.807, 2.05) is 55.5 Å². The number of rotatable bonds is 3. The maximum absolute atomic E-state index is 12.2. The number of hydrogen-bond donors (Lipinski definition) is 1.